The van der Waals surface area contributed by atoms with Crippen LogP contribution in [0.1, 0.15) is 40.5 Å². The number of thiophene rings is 1. The van der Waals surface area contributed by atoms with Crippen molar-refractivity contribution in [2.45, 2.75) is 19.8 Å². The highest BCUT2D eigenvalue weighted by Gasteiger charge is 2.28. The lowest BCUT2D eigenvalue weighted by molar-refractivity contribution is 0.0697. The summed E-state index contributed by atoms with van der Waals surface area (Å²) in [6.45, 7) is 2.17. The normalized spacial score (nSPS) is 16.5. The van der Waals surface area contributed by atoms with Crippen LogP contribution in [0.5, 0.6) is 0 Å². The molecule has 1 atom stereocenters. The number of carboxylic acids is 1. The van der Waals surface area contributed by atoms with Gasteiger partial charge in [-0.05, 0) is 65.6 Å². The smallest absolute Gasteiger partial charge is 0.336 e. The molecule has 1 unspecified atom stereocenters. The van der Waals surface area contributed by atoms with Crippen LogP contribution in [0.4, 0.5) is 0 Å². The van der Waals surface area contributed by atoms with Gasteiger partial charge in [0.15, 0.2) is 0 Å². The minimum absolute atomic E-state index is 0.309. The van der Waals surface area contributed by atoms with Crippen molar-refractivity contribution in [3.05, 3.63) is 101 Å². The molecule has 3 aromatic heterocycles. The maximum absolute atomic E-state index is 12.4. The van der Waals surface area contributed by atoms with Crippen LogP contribution in [0.25, 0.3) is 38.8 Å². The van der Waals surface area contributed by atoms with Crippen molar-refractivity contribution >= 4 is 39.9 Å². The summed E-state index contributed by atoms with van der Waals surface area (Å²) in [6, 6.07) is 21.7. The molecule has 6 heteroatoms. The summed E-state index contributed by atoms with van der Waals surface area (Å²) >= 11 is 1.66. The third-order valence-electron chi connectivity index (χ3n) is 6.48. The summed E-state index contributed by atoms with van der Waals surface area (Å²) < 4.78 is 1.91. The van der Waals surface area contributed by atoms with Gasteiger partial charge in [-0.15, -0.1) is 11.3 Å². The average Bonchev–Trinajstić information content (AvgIpc) is 3.53. The molecular weight excluding hydrogens is 454 g/mol. The number of hydrogen-bond acceptors (Lipinski definition) is 4. The molecule has 35 heavy (non-hydrogen) atoms. The van der Waals surface area contributed by atoms with Crippen LogP contribution in [-0.4, -0.2) is 25.8 Å². The molecule has 1 N–H and O–H groups in total. The van der Waals surface area contributed by atoms with Crippen LogP contribution in [-0.2, 0) is 6.42 Å². The lowest BCUT2D eigenvalue weighted by atomic mass is 9.80. The summed E-state index contributed by atoms with van der Waals surface area (Å²) in [4.78, 5) is 18.4. The number of fused-ring (bicyclic) bond motifs is 2. The third-order valence-corrected chi connectivity index (χ3v) is 7.36. The van der Waals surface area contributed by atoms with Gasteiger partial charge in [0.2, 0.25) is 0 Å². The van der Waals surface area contributed by atoms with Crippen LogP contribution in [0.15, 0.2) is 78.3 Å². The highest BCUT2D eigenvalue weighted by Crippen LogP contribution is 2.40. The molecule has 0 fully saturated rings. The Morgan fingerprint density at radius 3 is 2.60 bits per heavy atom. The summed E-state index contributed by atoms with van der Waals surface area (Å²) in [5, 5.41) is 17.8. The topological polar surface area (TPSA) is 68.0 Å². The number of para-hydroxylation sites is 2. The van der Waals surface area contributed by atoms with E-state index in [1.807, 2.05) is 65.3 Å². The molecular formula is C29H23N3O2S. The largest absolute Gasteiger partial charge is 0.478 e. The van der Waals surface area contributed by atoms with Gasteiger partial charge in [0.05, 0.1) is 27.3 Å². The first kappa shape index (κ1) is 21.5. The molecule has 6 rings (SSSR count). The molecule has 0 spiro atoms. The molecule has 0 amide bonds. The van der Waals surface area contributed by atoms with Crippen LogP contribution in [0.2, 0.25) is 0 Å². The van der Waals surface area contributed by atoms with E-state index >= 15 is 0 Å². The van der Waals surface area contributed by atoms with Gasteiger partial charge in [0.25, 0.3) is 0 Å². The standard InChI is InChI=1S/C29H23N3O2S/c1-18-14-19(27-23(15-18)26(29(33)34)22-10-5-6-11-24(22)30-27)16-20-17-32(21-8-3-2-4-9-21)31-28(20)25-12-7-13-35-25/h2-13,16-18H,14-15H2,1H3,(H,33,34). The number of allylic oxidation sites excluding steroid dienone is 1. The van der Waals surface area contributed by atoms with E-state index in [4.69, 9.17) is 10.1 Å². The van der Waals surface area contributed by atoms with Crippen molar-refractivity contribution < 1.29 is 9.90 Å². The van der Waals surface area contributed by atoms with Gasteiger partial charge in [0.1, 0.15) is 5.69 Å². The van der Waals surface area contributed by atoms with E-state index in [1.165, 1.54) is 0 Å². The second-order valence-electron chi connectivity index (χ2n) is 9.01. The zero-order chi connectivity index (χ0) is 23.9. The zero-order valence-corrected chi connectivity index (χ0v) is 20.0. The molecule has 0 radical (unpaired) electrons. The summed E-state index contributed by atoms with van der Waals surface area (Å²) in [5.41, 5.74) is 6.66. The van der Waals surface area contributed by atoms with Gasteiger partial charge in [-0.3, -0.25) is 0 Å². The second-order valence-corrected chi connectivity index (χ2v) is 9.96. The first-order valence-electron chi connectivity index (χ1n) is 11.6. The average molecular weight is 478 g/mol. The quantitative estimate of drug-likeness (QED) is 0.303. The van der Waals surface area contributed by atoms with Gasteiger partial charge in [-0.25, -0.2) is 14.5 Å². The van der Waals surface area contributed by atoms with Gasteiger partial charge in [0, 0.05) is 17.1 Å². The molecule has 0 aliphatic heterocycles. The molecule has 0 saturated heterocycles. The maximum Gasteiger partial charge on any atom is 0.336 e. The Morgan fingerprint density at radius 1 is 1.03 bits per heavy atom. The van der Waals surface area contributed by atoms with E-state index in [0.29, 0.717) is 28.8 Å². The predicted molar refractivity (Wildman–Crippen MR) is 141 cm³/mol. The minimum atomic E-state index is -0.899. The molecule has 2 aromatic carbocycles. The predicted octanol–water partition coefficient (Wildman–Crippen LogP) is 6.97. The number of benzene rings is 2. The van der Waals surface area contributed by atoms with Crippen LogP contribution in [0, 0.1) is 5.92 Å². The molecule has 1 aliphatic rings. The fourth-order valence-electron chi connectivity index (χ4n) is 4.98. The number of rotatable bonds is 4. The number of aromatic nitrogens is 3. The number of aromatic carboxylic acids is 1. The Bertz CT molecular complexity index is 1580. The number of nitrogens with zero attached hydrogens (tertiary/aromatic N) is 3. The van der Waals surface area contributed by atoms with E-state index in [1.54, 1.807) is 11.3 Å². The number of pyridine rings is 1. The Hall–Kier alpha value is -4.03. The zero-order valence-electron chi connectivity index (χ0n) is 19.2. The van der Waals surface area contributed by atoms with Gasteiger partial charge in [-0.1, -0.05) is 49.4 Å². The van der Waals surface area contributed by atoms with E-state index in [-0.39, 0.29) is 0 Å². The summed E-state index contributed by atoms with van der Waals surface area (Å²) in [6.07, 6.45) is 5.74. The number of carbonyl (C=O) groups is 1. The lowest BCUT2D eigenvalue weighted by Crippen LogP contribution is -2.17. The summed E-state index contributed by atoms with van der Waals surface area (Å²) in [5.74, 6) is -0.589. The fraction of sp³-hybridized carbons (Fsp3) is 0.138. The van der Waals surface area contributed by atoms with Crippen molar-refractivity contribution in [2.24, 2.45) is 5.92 Å². The van der Waals surface area contributed by atoms with Crippen molar-refractivity contribution in [2.75, 3.05) is 0 Å². The van der Waals surface area contributed by atoms with Crippen LogP contribution < -0.4 is 0 Å². The third kappa shape index (κ3) is 3.86. The maximum atomic E-state index is 12.4. The molecule has 5 aromatic rings. The Kier molecular flexibility index (Phi) is 5.30. The van der Waals surface area contributed by atoms with Crippen molar-refractivity contribution in [1.82, 2.24) is 14.8 Å². The molecule has 1 aliphatic carbocycles. The van der Waals surface area contributed by atoms with Crippen molar-refractivity contribution in [1.29, 1.82) is 0 Å². The first-order valence-corrected chi connectivity index (χ1v) is 12.5. The highest BCUT2D eigenvalue weighted by molar-refractivity contribution is 7.13. The molecule has 0 saturated carbocycles. The van der Waals surface area contributed by atoms with Gasteiger partial charge in [-0.2, -0.15) is 5.10 Å². The molecule has 5 nitrogen and oxygen atoms in total. The number of carboxylic acid groups (broad SMARTS) is 1. The van der Waals surface area contributed by atoms with E-state index in [2.05, 4.69) is 30.6 Å². The summed E-state index contributed by atoms with van der Waals surface area (Å²) in [7, 11) is 0. The van der Waals surface area contributed by atoms with Crippen LogP contribution in [0.3, 0.4) is 0 Å². The Balaban J connectivity index is 1.58. The number of hydrogen-bond donors (Lipinski definition) is 1. The lowest BCUT2D eigenvalue weighted by Gasteiger charge is -2.26. The Morgan fingerprint density at radius 2 is 1.83 bits per heavy atom. The van der Waals surface area contributed by atoms with Crippen molar-refractivity contribution in [3.8, 4) is 16.3 Å². The highest BCUT2D eigenvalue weighted by atomic mass is 32.1. The molecule has 3 heterocycles. The second kappa shape index (κ2) is 8.64. The Labute approximate surface area is 207 Å². The van der Waals surface area contributed by atoms with E-state index < -0.39 is 5.97 Å². The fourth-order valence-corrected chi connectivity index (χ4v) is 5.71. The first-order chi connectivity index (χ1) is 17.1. The minimum Gasteiger partial charge on any atom is -0.478 e. The van der Waals surface area contributed by atoms with E-state index in [9.17, 15) is 9.90 Å². The van der Waals surface area contributed by atoms with Crippen molar-refractivity contribution in [3.63, 3.8) is 0 Å². The molecule has 0 bridgehead atoms. The monoisotopic (exact) mass is 477 g/mol. The van der Waals surface area contributed by atoms with Gasteiger partial charge >= 0.3 is 5.97 Å². The van der Waals surface area contributed by atoms with E-state index in [0.717, 1.165) is 45.1 Å². The van der Waals surface area contributed by atoms with Crippen LogP contribution >= 0.6 is 11.3 Å². The van der Waals surface area contributed by atoms with Gasteiger partial charge < -0.3 is 5.11 Å². The SMILES string of the molecule is CC1CC(=Cc2cn(-c3ccccc3)nc2-c2cccs2)c2nc3ccccc3c(C(=O)O)c2C1. The molecule has 172 valence electrons.